The monoisotopic (exact) mass is 482 g/mol. The lowest BCUT2D eigenvalue weighted by Crippen LogP contribution is -2.36. The Kier molecular flexibility index (Phi) is 7.18. The van der Waals surface area contributed by atoms with Crippen molar-refractivity contribution in [1.29, 1.82) is 0 Å². The fourth-order valence-electron chi connectivity index (χ4n) is 4.91. The van der Waals surface area contributed by atoms with Gasteiger partial charge in [-0.25, -0.2) is 9.97 Å². The molecule has 0 bridgehead atoms. The molecule has 0 saturated carbocycles. The van der Waals surface area contributed by atoms with Crippen LogP contribution < -0.4 is 14.8 Å². The Hall–Kier alpha value is -2.42. The summed E-state index contributed by atoms with van der Waals surface area (Å²) in [6.07, 6.45) is 4.38. The van der Waals surface area contributed by atoms with Crippen LogP contribution in [-0.4, -0.2) is 61.9 Å². The summed E-state index contributed by atoms with van der Waals surface area (Å²) >= 11 is 1.87. The molecular weight excluding hydrogens is 448 g/mol. The Morgan fingerprint density at radius 2 is 1.97 bits per heavy atom. The molecule has 0 radical (unpaired) electrons. The first-order valence-electron chi connectivity index (χ1n) is 12.2. The standard InChI is InChI=1S/C26H34N4O3S/c1-17-4-6-19-22(14-17)34-26-24(19)25(28-23(29-26)16-30-10-12-33-13-11-30)27-9-8-18-5-7-20(31-2)21(15-18)32-3/h5,7,15,17H,4,6,8-14,16H2,1-3H3,(H,27,28,29)/t17-/m1/s1. The number of hydrogen-bond donors (Lipinski definition) is 1. The summed E-state index contributed by atoms with van der Waals surface area (Å²) in [5.41, 5.74) is 2.66. The van der Waals surface area contributed by atoms with Crippen LogP contribution in [0, 0.1) is 5.92 Å². The number of methoxy groups -OCH3 is 2. The summed E-state index contributed by atoms with van der Waals surface area (Å²) in [5, 5.41) is 4.91. The number of aryl methyl sites for hydroxylation is 1. The Morgan fingerprint density at radius 1 is 1.15 bits per heavy atom. The Bertz CT molecular complexity index is 1140. The van der Waals surface area contributed by atoms with Gasteiger partial charge in [0, 0.05) is 24.5 Å². The van der Waals surface area contributed by atoms with Crippen LogP contribution in [0.5, 0.6) is 11.5 Å². The van der Waals surface area contributed by atoms with Gasteiger partial charge in [0.1, 0.15) is 16.5 Å². The molecule has 5 rings (SSSR count). The highest BCUT2D eigenvalue weighted by molar-refractivity contribution is 7.19. The molecule has 1 saturated heterocycles. The van der Waals surface area contributed by atoms with Crippen molar-refractivity contribution in [2.24, 2.45) is 5.92 Å². The lowest BCUT2D eigenvalue weighted by Gasteiger charge is -2.26. The fraction of sp³-hybridized carbons (Fsp3) is 0.538. The molecule has 0 amide bonds. The summed E-state index contributed by atoms with van der Waals surface area (Å²) in [4.78, 5) is 15.1. The maximum absolute atomic E-state index is 5.51. The predicted molar refractivity (Wildman–Crippen MR) is 136 cm³/mol. The van der Waals surface area contributed by atoms with Gasteiger partial charge in [-0.05, 0) is 54.9 Å². The maximum atomic E-state index is 5.51. The minimum atomic E-state index is 0.739. The molecule has 0 spiro atoms. The van der Waals surface area contributed by atoms with E-state index in [0.29, 0.717) is 0 Å². The van der Waals surface area contributed by atoms with Crippen LogP contribution >= 0.6 is 11.3 Å². The van der Waals surface area contributed by atoms with Gasteiger partial charge >= 0.3 is 0 Å². The molecule has 2 aliphatic rings. The van der Waals surface area contributed by atoms with Crippen LogP contribution in [0.15, 0.2) is 18.2 Å². The molecule has 1 N–H and O–H groups in total. The number of fused-ring (bicyclic) bond motifs is 3. The normalized spacial score (nSPS) is 18.6. The third kappa shape index (κ3) is 4.99. The molecule has 1 fully saturated rings. The van der Waals surface area contributed by atoms with Crippen molar-refractivity contribution in [3.8, 4) is 11.5 Å². The minimum absolute atomic E-state index is 0.739. The van der Waals surface area contributed by atoms with Gasteiger partial charge in [-0.15, -0.1) is 11.3 Å². The quantitative estimate of drug-likeness (QED) is 0.513. The molecule has 182 valence electrons. The van der Waals surface area contributed by atoms with Crippen LogP contribution in [0.3, 0.4) is 0 Å². The molecule has 1 aliphatic carbocycles. The molecule has 3 heterocycles. The zero-order valence-electron chi connectivity index (χ0n) is 20.4. The van der Waals surface area contributed by atoms with E-state index >= 15 is 0 Å². The molecule has 2 aromatic heterocycles. The molecule has 8 heteroatoms. The number of rotatable bonds is 8. The molecule has 7 nitrogen and oxygen atoms in total. The highest BCUT2D eigenvalue weighted by Gasteiger charge is 2.24. The Balaban J connectivity index is 1.39. The summed E-state index contributed by atoms with van der Waals surface area (Å²) in [5.74, 6) is 4.14. The SMILES string of the molecule is COc1ccc(CCNc2nc(CN3CCOCC3)nc3sc4c(c23)CC[C@@H](C)C4)cc1OC. The lowest BCUT2D eigenvalue weighted by molar-refractivity contribution is 0.0331. The zero-order chi connectivity index (χ0) is 23.5. The van der Waals surface area contributed by atoms with Gasteiger partial charge in [0.15, 0.2) is 11.5 Å². The van der Waals surface area contributed by atoms with Crippen LogP contribution in [0.2, 0.25) is 0 Å². The minimum Gasteiger partial charge on any atom is -0.493 e. The topological polar surface area (TPSA) is 68.7 Å². The molecule has 34 heavy (non-hydrogen) atoms. The number of benzene rings is 1. The van der Waals surface area contributed by atoms with Gasteiger partial charge in [0.25, 0.3) is 0 Å². The number of ether oxygens (including phenoxy) is 3. The summed E-state index contributed by atoms with van der Waals surface area (Å²) in [6.45, 7) is 7.34. The van der Waals surface area contributed by atoms with Crippen molar-refractivity contribution in [2.75, 3.05) is 52.4 Å². The van der Waals surface area contributed by atoms with E-state index < -0.39 is 0 Å². The van der Waals surface area contributed by atoms with Gasteiger partial charge in [-0.1, -0.05) is 13.0 Å². The first-order chi connectivity index (χ1) is 16.6. The number of thiophene rings is 1. The van der Waals surface area contributed by atoms with Crippen LogP contribution in [0.4, 0.5) is 5.82 Å². The molecule has 1 aromatic carbocycles. The van der Waals surface area contributed by atoms with Crippen LogP contribution in [0.1, 0.15) is 35.2 Å². The number of aromatic nitrogens is 2. The number of nitrogens with zero attached hydrogens (tertiary/aromatic N) is 3. The van der Waals surface area contributed by atoms with E-state index in [1.807, 2.05) is 23.5 Å². The molecular formula is C26H34N4O3S. The number of morpholine rings is 1. The first-order valence-corrected chi connectivity index (χ1v) is 13.0. The number of nitrogens with one attached hydrogen (secondary N) is 1. The van der Waals surface area contributed by atoms with E-state index in [2.05, 4.69) is 23.2 Å². The van der Waals surface area contributed by atoms with E-state index in [1.54, 1.807) is 14.2 Å². The van der Waals surface area contributed by atoms with E-state index in [4.69, 9.17) is 24.2 Å². The van der Waals surface area contributed by atoms with Crippen molar-refractivity contribution in [1.82, 2.24) is 14.9 Å². The summed E-state index contributed by atoms with van der Waals surface area (Å²) in [7, 11) is 3.34. The average molecular weight is 483 g/mol. The van der Waals surface area contributed by atoms with Crippen LogP contribution in [0.25, 0.3) is 10.2 Å². The van der Waals surface area contributed by atoms with Crippen molar-refractivity contribution in [3.05, 3.63) is 40.0 Å². The van der Waals surface area contributed by atoms with Crippen molar-refractivity contribution < 1.29 is 14.2 Å². The second-order valence-corrected chi connectivity index (χ2v) is 10.4. The van der Waals surface area contributed by atoms with Gasteiger partial charge in [0.2, 0.25) is 0 Å². The van der Waals surface area contributed by atoms with Gasteiger partial charge < -0.3 is 19.5 Å². The molecule has 0 unspecified atom stereocenters. The second-order valence-electron chi connectivity index (χ2n) is 9.27. The van der Waals surface area contributed by atoms with Crippen molar-refractivity contribution in [2.45, 2.75) is 39.2 Å². The highest BCUT2D eigenvalue weighted by atomic mass is 32.1. The summed E-state index contributed by atoms with van der Waals surface area (Å²) < 4.78 is 16.4. The van der Waals surface area contributed by atoms with Gasteiger partial charge in [-0.2, -0.15) is 0 Å². The number of anilines is 1. The van der Waals surface area contributed by atoms with Gasteiger partial charge in [-0.3, -0.25) is 4.90 Å². The largest absolute Gasteiger partial charge is 0.493 e. The predicted octanol–water partition coefficient (Wildman–Crippen LogP) is 4.32. The van der Waals surface area contributed by atoms with Crippen molar-refractivity contribution in [3.63, 3.8) is 0 Å². The molecule has 3 aromatic rings. The van der Waals surface area contributed by atoms with E-state index in [-0.39, 0.29) is 0 Å². The fourth-order valence-corrected chi connectivity index (χ4v) is 6.31. The smallest absolute Gasteiger partial charge is 0.160 e. The summed E-state index contributed by atoms with van der Waals surface area (Å²) in [6, 6.07) is 6.11. The van der Waals surface area contributed by atoms with Crippen molar-refractivity contribution >= 4 is 27.4 Å². The lowest BCUT2D eigenvalue weighted by atomic mass is 9.89. The number of hydrogen-bond acceptors (Lipinski definition) is 8. The highest BCUT2D eigenvalue weighted by Crippen LogP contribution is 2.40. The Labute approximate surface area is 205 Å². The van der Waals surface area contributed by atoms with Gasteiger partial charge in [0.05, 0.1) is 39.4 Å². The van der Waals surface area contributed by atoms with Crippen LogP contribution in [-0.2, 0) is 30.5 Å². The van der Waals surface area contributed by atoms with E-state index in [9.17, 15) is 0 Å². The Morgan fingerprint density at radius 3 is 2.76 bits per heavy atom. The zero-order valence-corrected chi connectivity index (χ0v) is 21.2. The first kappa shape index (κ1) is 23.3. The second kappa shape index (κ2) is 10.5. The maximum Gasteiger partial charge on any atom is 0.160 e. The van der Waals surface area contributed by atoms with E-state index in [1.165, 1.54) is 27.8 Å². The molecule has 1 atom stereocenters. The third-order valence-electron chi connectivity index (χ3n) is 6.82. The molecule has 1 aliphatic heterocycles. The third-order valence-corrected chi connectivity index (χ3v) is 7.97. The van der Waals surface area contributed by atoms with E-state index in [0.717, 1.165) is 92.5 Å². The average Bonchev–Trinajstić information content (AvgIpc) is 3.21.